The van der Waals surface area contributed by atoms with Crippen molar-refractivity contribution in [2.45, 2.75) is 19.3 Å². The summed E-state index contributed by atoms with van der Waals surface area (Å²) < 4.78 is 12.8. The number of anilines is 1. The molecule has 0 atom stereocenters. The number of nitrogens with zero attached hydrogens (tertiary/aromatic N) is 2. The quantitative estimate of drug-likeness (QED) is 0.598. The summed E-state index contributed by atoms with van der Waals surface area (Å²) in [5, 5.41) is 9.43. The number of hydrogen-bond acceptors (Lipinski definition) is 4. The lowest BCUT2D eigenvalue weighted by Gasteiger charge is -2.11. The van der Waals surface area contributed by atoms with Gasteiger partial charge in [-0.2, -0.15) is 5.10 Å². The highest BCUT2D eigenvalue weighted by molar-refractivity contribution is 6.43. The maximum Gasteiger partial charge on any atom is 0.133 e. The number of ether oxygens (including phenoxy) is 2. The molecule has 0 amide bonds. The molecule has 0 radical (unpaired) electrons. The highest BCUT2D eigenvalue weighted by Gasteiger charge is 2.25. The van der Waals surface area contributed by atoms with E-state index in [1.165, 1.54) is 0 Å². The first-order valence-electron chi connectivity index (χ1n) is 9.16. The molecule has 0 aliphatic carbocycles. The van der Waals surface area contributed by atoms with E-state index in [4.69, 9.17) is 37.8 Å². The second-order valence-electron chi connectivity index (χ2n) is 6.61. The van der Waals surface area contributed by atoms with Crippen LogP contribution in [0.15, 0.2) is 36.4 Å². The number of nitrogens with one attached hydrogen (secondary N) is 1. The summed E-state index contributed by atoms with van der Waals surface area (Å²) in [6.45, 7) is 0.885. The van der Waals surface area contributed by atoms with Crippen LogP contribution in [0, 0.1) is 0 Å². The molecular formula is C21H21Cl2N3O2. The average molecular weight is 418 g/mol. The second-order valence-corrected chi connectivity index (χ2v) is 7.40. The molecule has 3 aromatic rings. The molecule has 1 aromatic heterocycles. The van der Waals surface area contributed by atoms with Crippen molar-refractivity contribution in [3.05, 3.63) is 52.0 Å². The zero-order chi connectivity index (χ0) is 19.7. The fourth-order valence-corrected chi connectivity index (χ4v) is 3.92. The van der Waals surface area contributed by atoms with Gasteiger partial charge >= 0.3 is 0 Å². The molecule has 5 nitrogen and oxygen atoms in total. The number of halogens is 2. The van der Waals surface area contributed by atoms with Crippen molar-refractivity contribution in [1.82, 2.24) is 9.78 Å². The SMILES string of the molecule is COc1ccc(-c2nn(-c3cccc(Cl)c3Cl)c3c2CCCCN3)c(OC)c1. The van der Waals surface area contributed by atoms with Crippen molar-refractivity contribution in [3.63, 3.8) is 0 Å². The molecule has 2 aromatic carbocycles. The molecule has 1 aliphatic rings. The van der Waals surface area contributed by atoms with E-state index < -0.39 is 0 Å². The third-order valence-corrected chi connectivity index (χ3v) is 5.76. The van der Waals surface area contributed by atoms with Gasteiger partial charge in [0.25, 0.3) is 0 Å². The van der Waals surface area contributed by atoms with Crippen molar-refractivity contribution in [1.29, 1.82) is 0 Å². The average Bonchev–Trinajstić information content (AvgIpc) is 2.90. The van der Waals surface area contributed by atoms with Crippen LogP contribution in [0.2, 0.25) is 10.0 Å². The predicted octanol–water partition coefficient (Wildman–Crippen LogP) is 5.61. The van der Waals surface area contributed by atoms with E-state index in [9.17, 15) is 0 Å². The van der Waals surface area contributed by atoms with Crippen LogP contribution in [-0.2, 0) is 6.42 Å². The Hall–Kier alpha value is -2.37. The summed E-state index contributed by atoms with van der Waals surface area (Å²) >= 11 is 12.8. The highest BCUT2D eigenvalue weighted by atomic mass is 35.5. The van der Waals surface area contributed by atoms with Gasteiger partial charge < -0.3 is 14.8 Å². The Labute approximate surface area is 174 Å². The Morgan fingerprint density at radius 2 is 1.93 bits per heavy atom. The lowest BCUT2D eigenvalue weighted by atomic mass is 10.0. The maximum absolute atomic E-state index is 6.50. The molecule has 0 saturated heterocycles. The van der Waals surface area contributed by atoms with Crippen LogP contribution >= 0.6 is 23.2 Å². The van der Waals surface area contributed by atoms with E-state index in [0.717, 1.165) is 59.9 Å². The smallest absolute Gasteiger partial charge is 0.133 e. The van der Waals surface area contributed by atoms with Crippen LogP contribution in [0.25, 0.3) is 16.9 Å². The normalized spacial score (nSPS) is 13.4. The van der Waals surface area contributed by atoms with Gasteiger partial charge in [0, 0.05) is 23.7 Å². The molecule has 0 saturated carbocycles. The molecule has 4 rings (SSSR count). The first-order chi connectivity index (χ1) is 13.6. The number of benzene rings is 2. The van der Waals surface area contributed by atoms with Crippen LogP contribution in [-0.4, -0.2) is 30.5 Å². The van der Waals surface area contributed by atoms with E-state index in [-0.39, 0.29) is 0 Å². The van der Waals surface area contributed by atoms with Gasteiger partial charge in [-0.15, -0.1) is 0 Å². The predicted molar refractivity (Wildman–Crippen MR) is 114 cm³/mol. The van der Waals surface area contributed by atoms with E-state index in [0.29, 0.717) is 15.8 Å². The van der Waals surface area contributed by atoms with Crippen LogP contribution in [0.4, 0.5) is 5.82 Å². The summed E-state index contributed by atoms with van der Waals surface area (Å²) in [7, 11) is 3.29. The Bertz CT molecular complexity index is 1020. The van der Waals surface area contributed by atoms with E-state index in [1.807, 2.05) is 35.0 Å². The topological polar surface area (TPSA) is 48.3 Å². The molecule has 1 N–H and O–H groups in total. The van der Waals surface area contributed by atoms with Crippen LogP contribution in [0.3, 0.4) is 0 Å². The Morgan fingerprint density at radius 1 is 1.07 bits per heavy atom. The molecule has 146 valence electrons. The molecule has 7 heteroatoms. The number of methoxy groups -OCH3 is 2. The standard InChI is InChI=1S/C21H21Cl2N3O2/c1-27-13-9-10-14(18(12-13)28-2)20-15-6-3-4-11-24-21(15)26(25-20)17-8-5-7-16(22)19(17)23/h5,7-10,12,24H,3-4,6,11H2,1-2H3. The highest BCUT2D eigenvalue weighted by Crippen LogP contribution is 2.40. The largest absolute Gasteiger partial charge is 0.497 e. The van der Waals surface area contributed by atoms with E-state index in [2.05, 4.69) is 5.32 Å². The molecule has 1 aliphatic heterocycles. The van der Waals surface area contributed by atoms with Crippen LogP contribution in [0.5, 0.6) is 11.5 Å². The zero-order valence-electron chi connectivity index (χ0n) is 15.8. The van der Waals surface area contributed by atoms with Gasteiger partial charge in [-0.25, -0.2) is 4.68 Å². The number of fused-ring (bicyclic) bond motifs is 1. The number of hydrogen-bond donors (Lipinski definition) is 1. The maximum atomic E-state index is 6.50. The zero-order valence-corrected chi connectivity index (χ0v) is 17.3. The fraction of sp³-hybridized carbons (Fsp3) is 0.286. The molecule has 0 unspecified atom stereocenters. The third-order valence-electron chi connectivity index (χ3n) is 4.95. The number of aromatic nitrogens is 2. The second kappa shape index (κ2) is 7.94. The van der Waals surface area contributed by atoms with Gasteiger partial charge in [0.05, 0.1) is 30.0 Å². The van der Waals surface area contributed by atoms with E-state index >= 15 is 0 Å². The minimum Gasteiger partial charge on any atom is -0.497 e. The molecule has 0 spiro atoms. The molecule has 28 heavy (non-hydrogen) atoms. The Balaban J connectivity index is 1.95. The first-order valence-corrected chi connectivity index (χ1v) is 9.92. The van der Waals surface area contributed by atoms with Crippen LogP contribution < -0.4 is 14.8 Å². The Morgan fingerprint density at radius 3 is 2.71 bits per heavy atom. The third kappa shape index (κ3) is 3.29. The molecule has 2 heterocycles. The number of rotatable bonds is 4. The van der Waals surface area contributed by atoms with Gasteiger partial charge in [-0.1, -0.05) is 29.3 Å². The molecule has 0 bridgehead atoms. The lowest BCUT2D eigenvalue weighted by Crippen LogP contribution is -2.07. The summed E-state index contributed by atoms with van der Waals surface area (Å²) in [4.78, 5) is 0. The van der Waals surface area contributed by atoms with Gasteiger partial charge in [0.1, 0.15) is 23.0 Å². The van der Waals surface area contributed by atoms with Crippen molar-refractivity contribution < 1.29 is 9.47 Å². The Kier molecular flexibility index (Phi) is 5.38. The first kappa shape index (κ1) is 19.0. The summed E-state index contributed by atoms with van der Waals surface area (Å²) in [6, 6.07) is 11.3. The van der Waals surface area contributed by atoms with Crippen LogP contribution in [0.1, 0.15) is 18.4 Å². The summed E-state index contributed by atoms with van der Waals surface area (Å²) in [6.07, 6.45) is 3.10. The fourth-order valence-electron chi connectivity index (χ4n) is 3.54. The molecule has 0 fully saturated rings. The summed E-state index contributed by atoms with van der Waals surface area (Å²) in [5.41, 5.74) is 3.69. The summed E-state index contributed by atoms with van der Waals surface area (Å²) in [5.74, 6) is 2.41. The van der Waals surface area contributed by atoms with Gasteiger partial charge in [-0.3, -0.25) is 0 Å². The van der Waals surface area contributed by atoms with E-state index in [1.54, 1.807) is 20.3 Å². The monoisotopic (exact) mass is 417 g/mol. The van der Waals surface area contributed by atoms with Gasteiger partial charge in [0.2, 0.25) is 0 Å². The van der Waals surface area contributed by atoms with Gasteiger partial charge in [-0.05, 0) is 43.5 Å². The van der Waals surface area contributed by atoms with Crippen molar-refractivity contribution in [3.8, 4) is 28.4 Å². The lowest BCUT2D eigenvalue weighted by molar-refractivity contribution is 0.395. The van der Waals surface area contributed by atoms with Crippen molar-refractivity contribution in [2.75, 3.05) is 26.1 Å². The van der Waals surface area contributed by atoms with Crippen molar-refractivity contribution >= 4 is 29.0 Å². The minimum atomic E-state index is 0.480. The molecular weight excluding hydrogens is 397 g/mol. The van der Waals surface area contributed by atoms with Crippen molar-refractivity contribution in [2.24, 2.45) is 0 Å². The minimum absolute atomic E-state index is 0.480. The van der Waals surface area contributed by atoms with Gasteiger partial charge in [0.15, 0.2) is 0 Å².